The summed E-state index contributed by atoms with van der Waals surface area (Å²) in [5.41, 5.74) is 5.46. The number of rotatable bonds is 6. The van der Waals surface area contributed by atoms with Gasteiger partial charge in [-0.15, -0.1) is 0 Å². The van der Waals surface area contributed by atoms with Crippen LogP contribution in [0.3, 0.4) is 0 Å². The summed E-state index contributed by atoms with van der Waals surface area (Å²) in [6.07, 6.45) is 2.11. The van der Waals surface area contributed by atoms with Crippen molar-refractivity contribution in [2.45, 2.75) is 12.8 Å². The van der Waals surface area contributed by atoms with Crippen LogP contribution in [0, 0.1) is 6.07 Å². The molecule has 1 aromatic heterocycles. The number of nitrogens with two attached hydrogens (primary N) is 1. The van der Waals surface area contributed by atoms with Gasteiger partial charge in [0.15, 0.2) is 0 Å². The molecule has 1 fully saturated rings. The van der Waals surface area contributed by atoms with Gasteiger partial charge in [-0.05, 0) is 37.6 Å². The second-order valence-electron chi connectivity index (χ2n) is 4.33. The van der Waals surface area contributed by atoms with Gasteiger partial charge in [0, 0.05) is 19.6 Å². The Morgan fingerprint density at radius 1 is 1.33 bits per heavy atom. The Hall–Kier alpha value is -1.33. The average Bonchev–Trinajstić information content (AvgIpc) is 2.45. The van der Waals surface area contributed by atoms with Crippen LogP contribution in [0.2, 0.25) is 0 Å². The minimum Gasteiger partial charge on any atom is -0.378 e. The van der Waals surface area contributed by atoms with Gasteiger partial charge in [-0.1, -0.05) is 0 Å². The lowest BCUT2D eigenvalue weighted by Crippen LogP contribution is -2.36. The molecule has 0 spiro atoms. The van der Waals surface area contributed by atoms with E-state index in [0.29, 0.717) is 0 Å². The molecule has 99 valence electrons. The van der Waals surface area contributed by atoms with E-state index in [1.807, 2.05) is 12.1 Å². The Balaban J connectivity index is 1.88. The predicted molar refractivity (Wildman–Crippen MR) is 72.9 cm³/mol. The molecule has 0 unspecified atom stereocenters. The molecule has 0 saturated carbocycles. The summed E-state index contributed by atoms with van der Waals surface area (Å²) in [5.74, 6) is 1.86. The topological polar surface area (TPSA) is 63.4 Å². The molecule has 18 heavy (non-hydrogen) atoms. The van der Waals surface area contributed by atoms with E-state index in [2.05, 4.69) is 21.3 Å². The van der Waals surface area contributed by atoms with Gasteiger partial charge < -0.3 is 20.7 Å². The van der Waals surface area contributed by atoms with Crippen molar-refractivity contribution in [1.82, 2.24) is 4.98 Å². The van der Waals surface area contributed by atoms with Crippen LogP contribution in [0.15, 0.2) is 12.1 Å². The van der Waals surface area contributed by atoms with E-state index >= 15 is 0 Å². The molecule has 0 aliphatic carbocycles. The van der Waals surface area contributed by atoms with Gasteiger partial charge >= 0.3 is 0 Å². The molecule has 5 nitrogen and oxygen atoms in total. The Labute approximate surface area is 108 Å². The van der Waals surface area contributed by atoms with Gasteiger partial charge in [0.05, 0.1) is 13.2 Å². The number of anilines is 2. The van der Waals surface area contributed by atoms with E-state index < -0.39 is 0 Å². The molecule has 1 radical (unpaired) electrons. The van der Waals surface area contributed by atoms with E-state index in [0.717, 1.165) is 63.9 Å². The van der Waals surface area contributed by atoms with E-state index in [4.69, 9.17) is 10.5 Å². The average molecular weight is 249 g/mol. The van der Waals surface area contributed by atoms with Gasteiger partial charge in [0.1, 0.15) is 11.6 Å². The summed E-state index contributed by atoms with van der Waals surface area (Å²) in [4.78, 5) is 6.82. The normalized spacial score (nSPS) is 15.7. The second kappa shape index (κ2) is 7.18. The van der Waals surface area contributed by atoms with Crippen LogP contribution in [-0.2, 0) is 4.74 Å². The molecule has 5 heteroatoms. The molecule has 2 heterocycles. The van der Waals surface area contributed by atoms with Crippen LogP contribution in [-0.4, -0.2) is 44.4 Å². The van der Waals surface area contributed by atoms with Gasteiger partial charge in [-0.3, -0.25) is 0 Å². The number of aromatic nitrogens is 1. The molecule has 1 aromatic rings. The second-order valence-corrected chi connectivity index (χ2v) is 4.33. The Morgan fingerprint density at radius 3 is 2.94 bits per heavy atom. The maximum Gasteiger partial charge on any atom is 0.131 e. The van der Waals surface area contributed by atoms with Crippen molar-refractivity contribution in [1.29, 1.82) is 0 Å². The smallest absolute Gasteiger partial charge is 0.131 e. The lowest BCUT2D eigenvalue weighted by molar-refractivity contribution is 0.122. The molecule has 0 bridgehead atoms. The first-order chi connectivity index (χ1) is 8.90. The zero-order chi connectivity index (χ0) is 12.6. The summed E-state index contributed by atoms with van der Waals surface area (Å²) >= 11 is 0. The molecule has 1 aliphatic heterocycles. The molecule has 1 aliphatic rings. The molecule has 2 rings (SSSR count). The first-order valence-corrected chi connectivity index (χ1v) is 6.55. The fourth-order valence-electron chi connectivity index (χ4n) is 1.91. The van der Waals surface area contributed by atoms with Crippen molar-refractivity contribution in [3.63, 3.8) is 0 Å². The number of hydrogen-bond acceptors (Lipinski definition) is 5. The number of nitrogens with one attached hydrogen (secondary N) is 1. The fraction of sp³-hybridized carbons (Fsp3) is 0.615. The van der Waals surface area contributed by atoms with Crippen molar-refractivity contribution in [3.05, 3.63) is 18.2 Å². The van der Waals surface area contributed by atoms with Gasteiger partial charge in [-0.25, -0.2) is 4.98 Å². The van der Waals surface area contributed by atoms with E-state index in [-0.39, 0.29) is 0 Å². The van der Waals surface area contributed by atoms with Crippen LogP contribution >= 0.6 is 0 Å². The summed E-state index contributed by atoms with van der Waals surface area (Å²) < 4.78 is 5.34. The maximum atomic E-state index is 5.46. The van der Waals surface area contributed by atoms with Crippen molar-refractivity contribution in [2.75, 3.05) is 49.6 Å². The Kier molecular flexibility index (Phi) is 5.23. The van der Waals surface area contributed by atoms with Gasteiger partial charge in [0.2, 0.25) is 0 Å². The minimum atomic E-state index is 0.745. The highest BCUT2D eigenvalue weighted by Crippen LogP contribution is 2.15. The number of pyridine rings is 1. The van der Waals surface area contributed by atoms with Crippen molar-refractivity contribution >= 4 is 11.6 Å². The van der Waals surface area contributed by atoms with E-state index in [9.17, 15) is 0 Å². The zero-order valence-corrected chi connectivity index (χ0v) is 10.7. The predicted octanol–water partition coefficient (Wildman–Crippen LogP) is 0.869. The Bertz CT molecular complexity index is 353. The van der Waals surface area contributed by atoms with Crippen LogP contribution in [0.1, 0.15) is 12.8 Å². The minimum absolute atomic E-state index is 0.745. The summed E-state index contributed by atoms with van der Waals surface area (Å²) in [5, 5.41) is 3.30. The third-order valence-electron chi connectivity index (χ3n) is 2.94. The third-order valence-corrected chi connectivity index (χ3v) is 2.94. The standard InChI is InChI=1S/C13H21N4O/c14-6-1-2-7-15-12-4-3-5-13(16-12)17-8-10-18-11-9-17/h4-5H,1-2,6-11,14H2,(H,15,16). The summed E-state index contributed by atoms with van der Waals surface area (Å²) in [7, 11) is 0. The summed E-state index contributed by atoms with van der Waals surface area (Å²) in [6.45, 7) is 5.00. The maximum absolute atomic E-state index is 5.46. The van der Waals surface area contributed by atoms with Crippen molar-refractivity contribution in [3.8, 4) is 0 Å². The molecular formula is C13H21N4O. The largest absolute Gasteiger partial charge is 0.378 e. The molecule has 0 atom stereocenters. The quantitative estimate of drug-likeness (QED) is 0.732. The number of ether oxygens (including phenoxy) is 1. The van der Waals surface area contributed by atoms with Crippen LogP contribution in [0.5, 0.6) is 0 Å². The molecule has 0 aromatic carbocycles. The van der Waals surface area contributed by atoms with Crippen molar-refractivity contribution in [2.24, 2.45) is 5.73 Å². The number of unbranched alkanes of at least 4 members (excludes halogenated alkanes) is 1. The number of nitrogens with zero attached hydrogens (tertiary/aromatic N) is 2. The van der Waals surface area contributed by atoms with Crippen LogP contribution < -0.4 is 16.0 Å². The van der Waals surface area contributed by atoms with Gasteiger partial charge in [-0.2, -0.15) is 0 Å². The molecular weight excluding hydrogens is 228 g/mol. The highest BCUT2D eigenvalue weighted by molar-refractivity contribution is 5.46. The fourth-order valence-corrected chi connectivity index (χ4v) is 1.91. The highest BCUT2D eigenvalue weighted by Gasteiger charge is 2.12. The van der Waals surface area contributed by atoms with Crippen LogP contribution in [0.4, 0.5) is 11.6 Å². The highest BCUT2D eigenvalue weighted by atomic mass is 16.5. The van der Waals surface area contributed by atoms with Crippen LogP contribution in [0.25, 0.3) is 0 Å². The zero-order valence-electron chi connectivity index (χ0n) is 10.7. The lowest BCUT2D eigenvalue weighted by atomic mass is 10.3. The molecule has 1 saturated heterocycles. The van der Waals surface area contributed by atoms with E-state index in [1.165, 1.54) is 0 Å². The third kappa shape index (κ3) is 3.85. The first kappa shape index (κ1) is 13.1. The number of morpholine rings is 1. The SMILES string of the molecule is NCCCCNc1c[c]cc(N2CCOCC2)n1. The monoisotopic (exact) mass is 249 g/mol. The van der Waals surface area contributed by atoms with Gasteiger partial charge in [0.25, 0.3) is 0 Å². The van der Waals surface area contributed by atoms with E-state index in [1.54, 1.807) is 0 Å². The summed E-state index contributed by atoms with van der Waals surface area (Å²) in [6, 6.07) is 6.94. The lowest BCUT2D eigenvalue weighted by Gasteiger charge is -2.28. The molecule has 3 N–H and O–H groups in total. The molecule has 0 amide bonds. The first-order valence-electron chi connectivity index (χ1n) is 6.55. The van der Waals surface area contributed by atoms with Crippen molar-refractivity contribution < 1.29 is 4.74 Å². The number of hydrogen-bond donors (Lipinski definition) is 2. The Morgan fingerprint density at radius 2 is 2.17 bits per heavy atom.